The summed E-state index contributed by atoms with van der Waals surface area (Å²) in [6.07, 6.45) is 0. The number of carbonyl (C=O) groups is 2. The van der Waals surface area contributed by atoms with Crippen LogP contribution in [-0.2, 0) is 9.59 Å². The van der Waals surface area contributed by atoms with Gasteiger partial charge in [0.1, 0.15) is 11.5 Å². The number of carbonyl (C=O) groups excluding carboxylic acids is 2. The van der Waals surface area contributed by atoms with Crippen molar-refractivity contribution in [3.05, 3.63) is 94.4 Å². The molecule has 32 heavy (non-hydrogen) atoms. The van der Waals surface area contributed by atoms with Crippen LogP contribution in [0.1, 0.15) is 11.1 Å². The summed E-state index contributed by atoms with van der Waals surface area (Å²) in [5.74, 6) is -1.41. The van der Waals surface area contributed by atoms with Gasteiger partial charge < -0.3 is 10.2 Å². The number of amides is 2. The second-order valence-electron chi connectivity index (χ2n) is 7.70. The first-order valence-corrected chi connectivity index (χ1v) is 10.3. The van der Waals surface area contributed by atoms with Gasteiger partial charge in [-0.15, -0.1) is 0 Å². The molecule has 0 saturated heterocycles. The molecule has 0 radical (unpaired) electrons. The number of anilines is 3. The Hall–Kier alpha value is -3.64. The van der Waals surface area contributed by atoms with Crippen molar-refractivity contribution in [2.24, 2.45) is 0 Å². The van der Waals surface area contributed by atoms with Crippen LogP contribution < -0.4 is 15.1 Å². The Labute approximate surface area is 190 Å². The predicted molar refractivity (Wildman–Crippen MR) is 126 cm³/mol. The summed E-state index contributed by atoms with van der Waals surface area (Å²) < 4.78 is 13.5. The number of imide groups is 1. The third-order valence-electron chi connectivity index (χ3n) is 5.30. The maximum Gasteiger partial charge on any atom is 0.282 e. The lowest BCUT2D eigenvalue weighted by Gasteiger charge is -2.18. The zero-order chi connectivity index (χ0) is 23.0. The van der Waals surface area contributed by atoms with Crippen LogP contribution in [0.5, 0.6) is 0 Å². The number of benzene rings is 3. The molecule has 0 aliphatic carbocycles. The van der Waals surface area contributed by atoms with Crippen molar-refractivity contribution < 1.29 is 14.0 Å². The van der Waals surface area contributed by atoms with Gasteiger partial charge in [-0.3, -0.25) is 9.59 Å². The fourth-order valence-electron chi connectivity index (χ4n) is 3.53. The first kappa shape index (κ1) is 21.6. The first-order valence-electron chi connectivity index (χ1n) is 9.96. The Morgan fingerprint density at radius 1 is 0.906 bits per heavy atom. The first-order chi connectivity index (χ1) is 15.3. The molecular formula is C25H21ClFN3O2. The summed E-state index contributed by atoms with van der Waals surface area (Å²) in [6, 6.07) is 17.9. The molecule has 1 aliphatic rings. The Kier molecular flexibility index (Phi) is 5.72. The van der Waals surface area contributed by atoms with Gasteiger partial charge in [-0.05, 0) is 66.6 Å². The largest absolute Gasteiger partial charge is 0.378 e. The van der Waals surface area contributed by atoms with Gasteiger partial charge in [0.2, 0.25) is 0 Å². The van der Waals surface area contributed by atoms with Crippen molar-refractivity contribution in [2.45, 2.75) is 6.92 Å². The minimum atomic E-state index is -0.494. The lowest BCUT2D eigenvalue weighted by atomic mass is 10.0. The van der Waals surface area contributed by atoms with Crippen LogP contribution in [0.25, 0.3) is 5.57 Å². The Morgan fingerprint density at radius 2 is 1.56 bits per heavy atom. The van der Waals surface area contributed by atoms with Crippen LogP contribution in [0.3, 0.4) is 0 Å². The molecule has 3 aromatic rings. The van der Waals surface area contributed by atoms with Gasteiger partial charge in [-0.2, -0.15) is 0 Å². The zero-order valence-electron chi connectivity index (χ0n) is 17.8. The second kappa shape index (κ2) is 8.48. The van der Waals surface area contributed by atoms with Crippen LogP contribution in [-0.4, -0.2) is 25.9 Å². The highest BCUT2D eigenvalue weighted by atomic mass is 35.5. The van der Waals surface area contributed by atoms with E-state index in [1.54, 1.807) is 24.3 Å². The molecule has 0 spiro atoms. The van der Waals surface area contributed by atoms with E-state index in [9.17, 15) is 14.0 Å². The lowest BCUT2D eigenvalue weighted by molar-refractivity contribution is -0.120. The number of rotatable bonds is 5. The van der Waals surface area contributed by atoms with Crippen molar-refractivity contribution in [1.82, 2.24) is 0 Å². The Balaban J connectivity index is 1.81. The van der Waals surface area contributed by atoms with Crippen LogP contribution in [0, 0.1) is 12.7 Å². The van der Waals surface area contributed by atoms with Gasteiger partial charge in [0.05, 0.1) is 11.3 Å². The van der Waals surface area contributed by atoms with Crippen LogP contribution in [0.2, 0.25) is 5.02 Å². The third-order valence-corrected chi connectivity index (χ3v) is 5.54. The van der Waals surface area contributed by atoms with Gasteiger partial charge >= 0.3 is 0 Å². The zero-order valence-corrected chi connectivity index (χ0v) is 18.6. The quantitative estimate of drug-likeness (QED) is 0.540. The van der Waals surface area contributed by atoms with E-state index in [1.165, 1.54) is 24.3 Å². The summed E-state index contributed by atoms with van der Waals surface area (Å²) in [5.41, 5.74) is 3.58. The van der Waals surface area contributed by atoms with Gasteiger partial charge in [0.15, 0.2) is 0 Å². The van der Waals surface area contributed by atoms with Crippen LogP contribution >= 0.6 is 11.6 Å². The second-order valence-corrected chi connectivity index (χ2v) is 8.13. The molecule has 1 heterocycles. The van der Waals surface area contributed by atoms with E-state index < -0.39 is 17.6 Å². The topological polar surface area (TPSA) is 52.7 Å². The van der Waals surface area contributed by atoms with E-state index in [0.717, 1.165) is 16.2 Å². The van der Waals surface area contributed by atoms with Gasteiger partial charge in [-0.1, -0.05) is 29.8 Å². The van der Waals surface area contributed by atoms with Crippen molar-refractivity contribution in [1.29, 1.82) is 0 Å². The minimum absolute atomic E-state index is 0.115. The maximum atomic E-state index is 13.5. The molecule has 1 aliphatic heterocycles. The van der Waals surface area contributed by atoms with Crippen LogP contribution in [0.4, 0.5) is 21.5 Å². The van der Waals surface area contributed by atoms with Gasteiger partial charge in [-0.25, -0.2) is 9.29 Å². The molecule has 5 nitrogen and oxygen atoms in total. The fourth-order valence-corrected chi connectivity index (χ4v) is 3.70. The number of hydrogen-bond donors (Lipinski definition) is 1. The van der Waals surface area contributed by atoms with Crippen molar-refractivity contribution >= 4 is 46.1 Å². The molecule has 3 aromatic carbocycles. The van der Waals surface area contributed by atoms with Crippen LogP contribution in [0.15, 0.2) is 72.4 Å². The molecule has 0 fully saturated rings. The number of aryl methyl sites for hydroxylation is 1. The van der Waals surface area contributed by atoms with E-state index >= 15 is 0 Å². The number of nitrogens with zero attached hydrogens (tertiary/aromatic N) is 2. The molecule has 7 heteroatoms. The summed E-state index contributed by atoms with van der Waals surface area (Å²) >= 11 is 6.14. The molecule has 4 rings (SSSR count). The highest BCUT2D eigenvalue weighted by Crippen LogP contribution is 2.35. The number of nitrogens with one attached hydrogen (secondary N) is 1. The average Bonchev–Trinajstić information content (AvgIpc) is 3.01. The van der Waals surface area contributed by atoms with Gasteiger partial charge in [0.25, 0.3) is 11.8 Å². The third kappa shape index (κ3) is 3.97. The molecule has 0 saturated carbocycles. The molecule has 0 bridgehead atoms. The predicted octanol–water partition coefficient (Wildman–Crippen LogP) is 5.25. The SMILES string of the molecule is Cc1ccc(Cl)cc1NC1=C(c2ccc(F)cc2)C(=O)N(c2ccc(N(C)C)cc2)C1=O. The summed E-state index contributed by atoms with van der Waals surface area (Å²) in [7, 11) is 3.81. The number of hydrogen-bond acceptors (Lipinski definition) is 4. The molecule has 0 unspecified atom stereocenters. The Morgan fingerprint density at radius 3 is 2.19 bits per heavy atom. The van der Waals surface area contributed by atoms with Gasteiger partial charge in [0, 0.05) is 30.5 Å². The monoisotopic (exact) mass is 449 g/mol. The average molecular weight is 450 g/mol. The van der Waals surface area contributed by atoms with Crippen molar-refractivity contribution in [3.8, 4) is 0 Å². The summed E-state index contributed by atoms with van der Waals surface area (Å²) in [4.78, 5) is 30.0. The maximum absolute atomic E-state index is 13.5. The van der Waals surface area contributed by atoms with E-state index in [0.29, 0.717) is 22.0 Å². The molecule has 1 N–H and O–H groups in total. The molecule has 2 amide bonds. The van der Waals surface area contributed by atoms with Crippen molar-refractivity contribution in [2.75, 3.05) is 29.2 Å². The molecule has 162 valence electrons. The molecule has 0 aromatic heterocycles. The minimum Gasteiger partial charge on any atom is -0.378 e. The highest BCUT2D eigenvalue weighted by Gasteiger charge is 2.40. The summed E-state index contributed by atoms with van der Waals surface area (Å²) in [5, 5.41) is 3.60. The lowest BCUT2D eigenvalue weighted by Crippen LogP contribution is -2.32. The van der Waals surface area contributed by atoms with E-state index in [1.807, 2.05) is 44.1 Å². The van der Waals surface area contributed by atoms with E-state index in [-0.39, 0.29) is 11.3 Å². The molecular weight excluding hydrogens is 429 g/mol. The van der Waals surface area contributed by atoms with E-state index in [2.05, 4.69) is 5.32 Å². The fraction of sp³-hybridized carbons (Fsp3) is 0.120. The number of halogens is 2. The molecule has 0 atom stereocenters. The van der Waals surface area contributed by atoms with E-state index in [4.69, 9.17) is 11.6 Å². The standard InChI is InChI=1S/C25H21ClFN3O2/c1-15-4-7-17(26)14-21(15)28-23-22(16-5-8-18(27)9-6-16)24(31)30(25(23)32)20-12-10-19(11-13-20)29(2)3/h4-14,28H,1-3H3. The normalized spacial score (nSPS) is 13.7. The Bertz CT molecular complexity index is 1240. The highest BCUT2D eigenvalue weighted by molar-refractivity contribution is 6.46. The van der Waals surface area contributed by atoms with Crippen molar-refractivity contribution in [3.63, 3.8) is 0 Å². The smallest absolute Gasteiger partial charge is 0.282 e. The summed E-state index contributed by atoms with van der Waals surface area (Å²) in [6.45, 7) is 1.87.